The fraction of sp³-hybridized carbons (Fsp3) is 0.250. The van der Waals surface area contributed by atoms with Gasteiger partial charge in [-0.1, -0.05) is 42.5 Å². The molecule has 1 N–H and O–H groups in total. The molecule has 8 heteroatoms. The zero-order valence-electron chi connectivity index (χ0n) is 20.3. The van der Waals surface area contributed by atoms with Crippen molar-refractivity contribution in [3.63, 3.8) is 0 Å². The summed E-state index contributed by atoms with van der Waals surface area (Å²) in [5.41, 5.74) is 2.73. The highest BCUT2D eigenvalue weighted by molar-refractivity contribution is 7.80. The van der Waals surface area contributed by atoms with E-state index in [1.54, 1.807) is 43.4 Å². The first-order valence-electron chi connectivity index (χ1n) is 11.7. The van der Waals surface area contributed by atoms with Gasteiger partial charge in [-0.25, -0.2) is 0 Å². The molecule has 7 nitrogen and oxygen atoms in total. The van der Waals surface area contributed by atoms with E-state index < -0.39 is 6.04 Å². The Kier molecular flexibility index (Phi) is 8.17. The second-order valence-electron chi connectivity index (χ2n) is 8.48. The molecule has 1 unspecified atom stereocenters. The van der Waals surface area contributed by atoms with Crippen molar-refractivity contribution in [2.45, 2.75) is 25.4 Å². The molecular weight excluding hydrogens is 474 g/mol. The van der Waals surface area contributed by atoms with Crippen LogP contribution in [0.1, 0.15) is 17.5 Å². The van der Waals surface area contributed by atoms with E-state index in [0.29, 0.717) is 36.1 Å². The molecule has 4 rings (SSSR count). The van der Waals surface area contributed by atoms with Crippen LogP contribution < -0.4 is 14.8 Å². The number of hydrogen-bond acceptors (Lipinski definition) is 5. The van der Waals surface area contributed by atoms with Gasteiger partial charge in [-0.05, 0) is 66.2 Å². The summed E-state index contributed by atoms with van der Waals surface area (Å²) in [6, 6.07) is 24.0. The van der Waals surface area contributed by atoms with Gasteiger partial charge in [0.05, 0.1) is 20.6 Å². The van der Waals surface area contributed by atoms with Crippen molar-refractivity contribution in [2.75, 3.05) is 26.1 Å². The third-order valence-corrected chi connectivity index (χ3v) is 6.59. The van der Waals surface area contributed by atoms with Crippen molar-refractivity contribution >= 4 is 34.8 Å². The van der Waals surface area contributed by atoms with Gasteiger partial charge in [-0.2, -0.15) is 0 Å². The van der Waals surface area contributed by atoms with Crippen LogP contribution in [0.2, 0.25) is 0 Å². The summed E-state index contributed by atoms with van der Waals surface area (Å²) in [7, 11) is 3.20. The number of nitrogens with zero attached hydrogens (tertiary/aromatic N) is 2. The number of nitrogens with one attached hydrogen (secondary N) is 1. The van der Waals surface area contributed by atoms with Crippen LogP contribution in [0.15, 0.2) is 78.9 Å². The van der Waals surface area contributed by atoms with E-state index in [9.17, 15) is 9.59 Å². The van der Waals surface area contributed by atoms with Crippen molar-refractivity contribution in [3.05, 3.63) is 90.0 Å². The topological polar surface area (TPSA) is 71.1 Å². The molecule has 1 saturated heterocycles. The van der Waals surface area contributed by atoms with Crippen molar-refractivity contribution in [1.29, 1.82) is 0 Å². The molecule has 186 valence electrons. The summed E-state index contributed by atoms with van der Waals surface area (Å²) >= 11 is 5.75. The number of carbonyl (C=O) groups excluding carboxylic acids is 2. The van der Waals surface area contributed by atoms with Gasteiger partial charge in [0.1, 0.15) is 17.5 Å². The minimum absolute atomic E-state index is 0.0109. The maximum atomic E-state index is 13.5. The van der Waals surface area contributed by atoms with Gasteiger partial charge in [-0.15, -0.1) is 0 Å². The van der Waals surface area contributed by atoms with Crippen LogP contribution in [0.5, 0.6) is 11.5 Å². The average molecular weight is 504 g/mol. The summed E-state index contributed by atoms with van der Waals surface area (Å²) in [5, 5.41) is 3.31. The summed E-state index contributed by atoms with van der Waals surface area (Å²) in [6.45, 7) is 0.869. The quantitative estimate of drug-likeness (QED) is 0.417. The van der Waals surface area contributed by atoms with Gasteiger partial charge >= 0.3 is 0 Å². The minimum Gasteiger partial charge on any atom is -0.497 e. The molecule has 2 amide bonds. The number of benzene rings is 3. The summed E-state index contributed by atoms with van der Waals surface area (Å²) in [4.78, 5) is 29.9. The maximum absolute atomic E-state index is 13.5. The van der Waals surface area contributed by atoms with Crippen molar-refractivity contribution in [2.24, 2.45) is 0 Å². The van der Waals surface area contributed by atoms with E-state index in [0.717, 1.165) is 16.9 Å². The zero-order valence-corrected chi connectivity index (χ0v) is 21.2. The van der Waals surface area contributed by atoms with Crippen LogP contribution >= 0.6 is 12.2 Å². The van der Waals surface area contributed by atoms with Crippen molar-refractivity contribution in [3.8, 4) is 11.5 Å². The summed E-state index contributed by atoms with van der Waals surface area (Å²) < 4.78 is 10.4. The smallest absolute Gasteiger partial charge is 0.252 e. The second kappa shape index (κ2) is 11.7. The normalized spacial score (nSPS) is 15.2. The molecule has 0 saturated carbocycles. The molecule has 0 aromatic heterocycles. The number of amides is 2. The highest BCUT2D eigenvalue weighted by Crippen LogP contribution is 2.25. The second-order valence-corrected chi connectivity index (χ2v) is 8.85. The van der Waals surface area contributed by atoms with Crippen molar-refractivity contribution in [1.82, 2.24) is 9.80 Å². The van der Waals surface area contributed by atoms with Gasteiger partial charge in [0, 0.05) is 18.8 Å². The summed E-state index contributed by atoms with van der Waals surface area (Å²) in [6.07, 6.45) is 0.664. The number of methoxy groups -OCH3 is 2. The first-order chi connectivity index (χ1) is 17.5. The summed E-state index contributed by atoms with van der Waals surface area (Å²) in [5.74, 6) is 1.03. The monoisotopic (exact) mass is 503 g/mol. The Morgan fingerprint density at radius 3 is 2.11 bits per heavy atom. The van der Waals surface area contributed by atoms with E-state index in [4.69, 9.17) is 21.7 Å². The highest BCUT2D eigenvalue weighted by Gasteiger charge is 2.43. The molecule has 3 aromatic carbocycles. The number of thiocarbonyl (C=S) groups is 1. The first-order valence-corrected chi connectivity index (χ1v) is 12.1. The fourth-order valence-corrected chi connectivity index (χ4v) is 4.53. The van der Waals surface area contributed by atoms with E-state index in [1.807, 2.05) is 59.5 Å². The van der Waals surface area contributed by atoms with E-state index in [1.165, 1.54) is 0 Å². The molecule has 1 heterocycles. The SMILES string of the molecule is COc1ccc(CN2C(=S)N(CCc3ccccc3)C(=O)C2CC(=O)Nc2ccc(OC)cc2)cc1. The predicted molar refractivity (Wildman–Crippen MR) is 143 cm³/mol. The van der Waals surface area contributed by atoms with Crippen LogP contribution in [-0.4, -0.2) is 53.5 Å². The lowest BCUT2D eigenvalue weighted by atomic mass is 10.1. The van der Waals surface area contributed by atoms with Crippen LogP contribution in [0.3, 0.4) is 0 Å². The first kappa shape index (κ1) is 25.2. The molecule has 3 aromatic rings. The Morgan fingerprint density at radius 1 is 0.889 bits per heavy atom. The lowest BCUT2D eigenvalue weighted by Gasteiger charge is -2.24. The number of rotatable bonds is 10. The van der Waals surface area contributed by atoms with Gasteiger partial charge in [0.15, 0.2) is 5.11 Å². The Balaban J connectivity index is 1.50. The molecule has 0 spiro atoms. The number of carbonyl (C=O) groups is 2. The van der Waals surface area contributed by atoms with Gasteiger partial charge in [0.25, 0.3) is 5.91 Å². The van der Waals surface area contributed by atoms with Crippen LogP contribution in [0, 0.1) is 0 Å². The molecule has 1 aliphatic heterocycles. The number of hydrogen-bond donors (Lipinski definition) is 1. The van der Waals surface area contributed by atoms with Crippen LogP contribution in [0.25, 0.3) is 0 Å². The molecule has 0 radical (unpaired) electrons. The minimum atomic E-state index is -0.686. The third kappa shape index (κ3) is 6.01. The maximum Gasteiger partial charge on any atom is 0.252 e. The third-order valence-electron chi connectivity index (χ3n) is 6.14. The lowest BCUT2D eigenvalue weighted by Crippen LogP contribution is -2.37. The Morgan fingerprint density at radius 2 is 1.50 bits per heavy atom. The van der Waals surface area contributed by atoms with Crippen LogP contribution in [-0.2, 0) is 22.6 Å². The molecule has 0 bridgehead atoms. The molecule has 1 aliphatic rings. The highest BCUT2D eigenvalue weighted by atomic mass is 32.1. The Hall–Kier alpha value is -3.91. The molecule has 36 heavy (non-hydrogen) atoms. The van der Waals surface area contributed by atoms with Gasteiger partial charge < -0.3 is 19.7 Å². The molecule has 0 aliphatic carbocycles. The lowest BCUT2D eigenvalue weighted by molar-refractivity contribution is -0.130. The van der Waals surface area contributed by atoms with Crippen LogP contribution in [0.4, 0.5) is 5.69 Å². The largest absolute Gasteiger partial charge is 0.497 e. The van der Waals surface area contributed by atoms with Gasteiger partial charge in [0.2, 0.25) is 5.91 Å². The average Bonchev–Trinajstić information content (AvgIpc) is 3.12. The molecule has 1 fully saturated rings. The fourth-order valence-electron chi connectivity index (χ4n) is 4.15. The molecular formula is C28H29N3O4S. The number of ether oxygens (including phenoxy) is 2. The Bertz CT molecular complexity index is 1200. The Labute approximate surface area is 216 Å². The van der Waals surface area contributed by atoms with E-state index >= 15 is 0 Å². The molecule has 1 atom stereocenters. The zero-order chi connectivity index (χ0) is 25.5. The van der Waals surface area contributed by atoms with E-state index in [-0.39, 0.29) is 18.2 Å². The predicted octanol–water partition coefficient (Wildman–Crippen LogP) is 4.27. The van der Waals surface area contributed by atoms with E-state index in [2.05, 4.69) is 5.32 Å². The van der Waals surface area contributed by atoms with Gasteiger partial charge in [-0.3, -0.25) is 14.5 Å². The van der Waals surface area contributed by atoms with Crippen molar-refractivity contribution < 1.29 is 19.1 Å². The standard InChI is InChI=1S/C28H29N3O4S/c1-34-23-12-8-21(9-13-23)19-31-25(18-26(32)29-22-10-14-24(35-2)15-11-22)27(33)30(28(31)36)17-16-20-6-4-3-5-7-20/h3-15,25H,16-19H2,1-2H3,(H,29,32). The number of anilines is 1.